The van der Waals surface area contributed by atoms with E-state index in [-0.39, 0.29) is 16.5 Å². The first-order valence-electron chi connectivity index (χ1n) is 6.51. The Morgan fingerprint density at radius 1 is 1.40 bits per heavy atom. The lowest BCUT2D eigenvalue weighted by Gasteiger charge is -2.01. The maximum atomic E-state index is 11.0. The Bertz CT molecular complexity index is 615. The second-order valence-corrected chi connectivity index (χ2v) is 5.04. The van der Waals surface area contributed by atoms with Crippen molar-refractivity contribution in [2.24, 2.45) is 5.92 Å². The molecule has 0 fully saturated rings. The summed E-state index contributed by atoms with van der Waals surface area (Å²) in [4.78, 5) is 10.7. The number of para-hydroxylation sites is 1. The highest BCUT2D eigenvalue weighted by Gasteiger charge is 2.13. The molecule has 1 aromatic carbocycles. The first-order chi connectivity index (χ1) is 9.56. The highest BCUT2D eigenvalue weighted by atomic mass is 16.6. The summed E-state index contributed by atoms with van der Waals surface area (Å²) in [5.41, 5.74) is 1.88. The molecule has 0 amide bonds. The van der Waals surface area contributed by atoms with Crippen molar-refractivity contribution in [3.63, 3.8) is 0 Å². The number of nitrogens with zero attached hydrogens (tertiary/aromatic N) is 3. The summed E-state index contributed by atoms with van der Waals surface area (Å²) in [7, 11) is 0. The van der Waals surface area contributed by atoms with Crippen LogP contribution in [0.5, 0.6) is 0 Å². The van der Waals surface area contributed by atoms with E-state index in [2.05, 4.69) is 5.10 Å². The average Bonchev–Trinajstić information content (AvgIpc) is 2.87. The summed E-state index contributed by atoms with van der Waals surface area (Å²) in [6.07, 6.45) is 5.46. The van der Waals surface area contributed by atoms with Crippen LogP contribution in [-0.4, -0.2) is 14.7 Å². The number of rotatable bonds is 5. The minimum atomic E-state index is -0.320. The van der Waals surface area contributed by atoms with E-state index in [9.17, 15) is 10.1 Å². The van der Waals surface area contributed by atoms with Crippen molar-refractivity contribution >= 4 is 6.08 Å². The van der Waals surface area contributed by atoms with Crippen molar-refractivity contribution in [3.8, 4) is 5.69 Å². The van der Waals surface area contributed by atoms with Gasteiger partial charge in [0.05, 0.1) is 16.8 Å². The molecule has 0 saturated carbocycles. The minimum absolute atomic E-state index is 0.215. The molecule has 0 bridgehead atoms. The van der Waals surface area contributed by atoms with Gasteiger partial charge in [-0.1, -0.05) is 32.0 Å². The molecular weight excluding hydrogens is 254 g/mol. The lowest BCUT2D eigenvalue weighted by Crippen LogP contribution is -2.02. The smallest absolute Gasteiger partial charge is 0.247 e. The Labute approximate surface area is 117 Å². The number of benzene rings is 1. The Kier molecular flexibility index (Phi) is 4.30. The van der Waals surface area contributed by atoms with Gasteiger partial charge in [0.2, 0.25) is 5.70 Å². The Morgan fingerprint density at radius 3 is 2.70 bits per heavy atom. The molecule has 0 atom stereocenters. The van der Waals surface area contributed by atoms with Crippen LogP contribution in [-0.2, 0) is 0 Å². The molecule has 0 unspecified atom stereocenters. The zero-order valence-electron chi connectivity index (χ0n) is 11.6. The molecule has 5 nitrogen and oxygen atoms in total. The van der Waals surface area contributed by atoms with Gasteiger partial charge in [0.1, 0.15) is 0 Å². The van der Waals surface area contributed by atoms with Crippen LogP contribution in [0.4, 0.5) is 0 Å². The molecule has 2 rings (SSSR count). The van der Waals surface area contributed by atoms with Gasteiger partial charge < -0.3 is 0 Å². The fourth-order valence-electron chi connectivity index (χ4n) is 1.93. The third-order valence-electron chi connectivity index (χ3n) is 2.81. The van der Waals surface area contributed by atoms with Crippen LogP contribution >= 0.6 is 0 Å². The van der Waals surface area contributed by atoms with Crippen LogP contribution in [0.25, 0.3) is 11.8 Å². The van der Waals surface area contributed by atoms with Gasteiger partial charge in [-0.15, -0.1) is 0 Å². The molecule has 0 saturated heterocycles. The van der Waals surface area contributed by atoms with Crippen molar-refractivity contribution in [1.82, 2.24) is 9.78 Å². The first-order valence-corrected chi connectivity index (χ1v) is 6.51. The third kappa shape index (κ3) is 3.54. The molecule has 2 aromatic rings. The van der Waals surface area contributed by atoms with Gasteiger partial charge in [-0.3, -0.25) is 10.1 Å². The minimum Gasteiger partial charge on any atom is -0.259 e. The molecule has 0 N–H and O–H groups in total. The Balaban J connectivity index is 2.26. The summed E-state index contributed by atoms with van der Waals surface area (Å²) in [5.74, 6) is 0.246. The fourth-order valence-corrected chi connectivity index (χ4v) is 1.93. The highest BCUT2D eigenvalue weighted by Crippen LogP contribution is 2.16. The van der Waals surface area contributed by atoms with E-state index >= 15 is 0 Å². The maximum Gasteiger partial charge on any atom is 0.247 e. The lowest BCUT2D eigenvalue weighted by atomic mass is 10.1. The quantitative estimate of drug-likeness (QED) is 0.617. The maximum absolute atomic E-state index is 11.0. The zero-order valence-corrected chi connectivity index (χ0v) is 11.6. The molecule has 0 aliphatic rings. The zero-order chi connectivity index (χ0) is 14.5. The van der Waals surface area contributed by atoms with Crippen LogP contribution < -0.4 is 0 Å². The SMILES string of the molecule is CC(C)CC(=Cc1cnn(-c2ccccc2)c1)[N+](=O)[O-]. The molecule has 0 spiro atoms. The monoisotopic (exact) mass is 271 g/mol. The van der Waals surface area contributed by atoms with Crippen LogP contribution in [0.2, 0.25) is 0 Å². The second-order valence-electron chi connectivity index (χ2n) is 5.04. The number of hydrogen-bond donors (Lipinski definition) is 0. The van der Waals surface area contributed by atoms with Gasteiger partial charge in [-0.25, -0.2) is 4.68 Å². The molecule has 0 radical (unpaired) electrons. The van der Waals surface area contributed by atoms with Crippen molar-refractivity contribution in [2.75, 3.05) is 0 Å². The van der Waals surface area contributed by atoms with Crippen molar-refractivity contribution in [1.29, 1.82) is 0 Å². The van der Waals surface area contributed by atoms with E-state index in [0.29, 0.717) is 6.42 Å². The second kappa shape index (κ2) is 6.14. The lowest BCUT2D eigenvalue weighted by molar-refractivity contribution is -0.427. The Morgan fingerprint density at radius 2 is 2.10 bits per heavy atom. The number of aromatic nitrogens is 2. The molecule has 0 aliphatic heterocycles. The Hall–Kier alpha value is -2.43. The van der Waals surface area contributed by atoms with E-state index in [1.807, 2.05) is 44.2 Å². The fraction of sp³-hybridized carbons (Fsp3) is 0.267. The number of nitro groups is 1. The van der Waals surface area contributed by atoms with Gasteiger partial charge in [0, 0.05) is 24.3 Å². The van der Waals surface area contributed by atoms with E-state index in [1.54, 1.807) is 23.2 Å². The average molecular weight is 271 g/mol. The summed E-state index contributed by atoms with van der Waals surface area (Å²) in [6.45, 7) is 3.93. The van der Waals surface area contributed by atoms with Crippen LogP contribution in [0.1, 0.15) is 25.8 Å². The largest absolute Gasteiger partial charge is 0.259 e. The van der Waals surface area contributed by atoms with E-state index in [0.717, 1.165) is 11.3 Å². The standard InChI is InChI=1S/C15H17N3O2/c1-12(2)8-15(18(19)20)9-13-10-16-17(11-13)14-6-4-3-5-7-14/h3-7,9-12H,8H2,1-2H3. The normalized spacial score (nSPS) is 11.8. The van der Waals surface area contributed by atoms with Crippen LogP contribution in [0.3, 0.4) is 0 Å². The van der Waals surface area contributed by atoms with Crippen molar-refractivity contribution < 1.29 is 4.92 Å². The summed E-state index contributed by atoms with van der Waals surface area (Å²) < 4.78 is 1.71. The highest BCUT2D eigenvalue weighted by molar-refractivity contribution is 5.50. The molecule has 5 heteroatoms. The van der Waals surface area contributed by atoms with Gasteiger partial charge in [0.25, 0.3) is 0 Å². The summed E-state index contributed by atoms with van der Waals surface area (Å²) in [5, 5.41) is 15.3. The molecule has 104 valence electrons. The first kappa shape index (κ1) is 14.0. The van der Waals surface area contributed by atoms with E-state index in [4.69, 9.17) is 0 Å². The third-order valence-corrected chi connectivity index (χ3v) is 2.81. The van der Waals surface area contributed by atoms with Gasteiger partial charge in [-0.2, -0.15) is 5.10 Å². The predicted octanol–water partition coefficient (Wildman–Crippen LogP) is 3.54. The van der Waals surface area contributed by atoms with E-state index in [1.165, 1.54) is 0 Å². The molecular formula is C15H17N3O2. The van der Waals surface area contributed by atoms with Crippen molar-refractivity contribution in [3.05, 3.63) is 64.1 Å². The number of allylic oxidation sites excluding steroid dienone is 1. The van der Waals surface area contributed by atoms with Crippen LogP contribution in [0, 0.1) is 16.0 Å². The van der Waals surface area contributed by atoms with E-state index < -0.39 is 0 Å². The topological polar surface area (TPSA) is 61.0 Å². The molecule has 1 heterocycles. The van der Waals surface area contributed by atoms with Crippen LogP contribution in [0.15, 0.2) is 48.4 Å². The number of hydrogen-bond acceptors (Lipinski definition) is 3. The molecule has 20 heavy (non-hydrogen) atoms. The molecule has 1 aromatic heterocycles. The van der Waals surface area contributed by atoms with Gasteiger partial charge >= 0.3 is 0 Å². The summed E-state index contributed by atoms with van der Waals surface area (Å²) >= 11 is 0. The van der Waals surface area contributed by atoms with Crippen molar-refractivity contribution in [2.45, 2.75) is 20.3 Å². The molecule has 0 aliphatic carbocycles. The summed E-state index contributed by atoms with van der Waals surface area (Å²) in [6, 6.07) is 9.65. The van der Waals surface area contributed by atoms with Gasteiger partial charge in [-0.05, 0) is 18.1 Å². The van der Waals surface area contributed by atoms with Gasteiger partial charge in [0.15, 0.2) is 0 Å². The predicted molar refractivity (Wildman–Crippen MR) is 78.0 cm³/mol.